The Morgan fingerprint density at radius 1 is 1.00 bits per heavy atom. The highest BCUT2D eigenvalue weighted by Gasteiger charge is 2.13. The summed E-state index contributed by atoms with van der Waals surface area (Å²) in [7, 11) is 0. The lowest BCUT2D eigenvalue weighted by molar-refractivity contribution is 0.188. The minimum Gasteiger partial charge on any atom is -0.396 e. The average Bonchev–Trinajstić information content (AvgIpc) is 2.11. The number of unbranched alkanes of at least 4 members (excludes halogenated alkanes) is 3. The monoisotopic (exact) mass is 189 g/mol. The summed E-state index contributed by atoms with van der Waals surface area (Å²) in [5.41, 5.74) is -0.156. The first kappa shape index (κ1) is 12.9. The summed E-state index contributed by atoms with van der Waals surface area (Å²) in [6.07, 6.45) is 4.26. The maximum Gasteiger partial charge on any atom is 0.0607 e. The van der Waals surface area contributed by atoms with Gasteiger partial charge in [-0.05, 0) is 33.2 Å². The van der Waals surface area contributed by atoms with Crippen molar-refractivity contribution in [2.45, 2.75) is 45.1 Å². The fourth-order valence-electron chi connectivity index (χ4n) is 1.07. The fourth-order valence-corrected chi connectivity index (χ4v) is 1.07. The highest BCUT2D eigenvalue weighted by molar-refractivity contribution is 4.75. The number of aliphatic hydroxyl groups is 2. The Labute approximate surface area is 81.2 Å². The van der Waals surface area contributed by atoms with Crippen molar-refractivity contribution >= 4 is 0 Å². The standard InChI is InChI=1S/C10H23NO2/c1-10(2,9-13)11-7-5-3-4-6-8-12/h11-13H,3-9H2,1-2H3. The predicted molar refractivity (Wildman–Crippen MR) is 54.7 cm³/mol. The van der Waals surface area contributed by atoms with Crippen LogP contribution in [-0.4, -0.2) is 35.5 Å². The van der Waals surface area contributed by atoms with Gasteiger partial charge in [0.25, 0.3) is 0 Å². The normalized spacial score (nSPS) is 12.0. The molecule has 0 rings (SSSR count). The topological polar surface area (TPSA) is 52.5 Å². The van der Waals surface area contributed by atoms with Crippen LogP contribution in [0.4, 0.5) is 0 Å². The molecular formula is C10H23NO2. The van der Waals surface area contributed by atoms with Gasteiger partial charge in [0.05, 0.1) is 6.61 Å². The van der Waals surface area contributed by atoms with E-state index in [-0.39, 0.29) is 12.1 Å². The molecule has 3 heteroatoms. The highest BCUT2D eigenvalue weighted by atomic mass is 16.3. The predicted octanol–water partition coefficient (Wildman–Crippen LogP) is 0.900. The Morgan fingerprint density at radius 2 is 1.62 bits per heavy atom. The van der Waals surface area contributed by atoms with Crippen molar-refractivity contribution < 1.29 is 10.2 Å². The van der Waals surface area contributed by atoms with E-state index in [1.807, 2.05) is 13.8 Å². The molecule has 0 aromatic rings. The van der Waals surface area contributed by atoms with E-state index in [9.17, 15) is 0 Å². The van der Waals surface area contributed by atoms with Crippen LogP contribution in [0.3, 0.4) is 0 Å². The van der Waals surface area contributed by atoms with Gasteiger partial charge < -0.3 is 15.5 Å². The van der Waals surface area contributed by atoms with E-state index in [0.717, 1.165) is 32.2 Å². The van der Waals surface area contributed by atoms with Crippen LogP contribution in [0.1, 0.15) is 39.5 Å². The fraction of sp³-hybridized carbons (Fsp3) is 1.00. The first-order chi connectivity index (χ1) is 6.12. The molecule has 80 valence electrons. The van der Waals surface area contributed by atoms with Gasteiger partial charge >= 0.3 is 0 Å². The molecule has 0 spiro atoms. The van der Waals surface area contributed by atoms with E-state index in [1.165, 1.54) is 0 Å². The molecule has 0 heterocycles. The molecule has 0 aliphatic carbocycles. The van der Waals surface area contributed by atoms with Gasteiger partial charge in [0.2, 0.25) is 0 Å². The number of aliphatic hydroxyl groups excluding tert-OH is 2. The maximum absolute atomic E-state index is 8.94. The van der Waals surface area contributed by atoms with E-state index >= 15 is 0 Å². The third-order valence-electron chi connectivity index (χ3n) is 2.08. The van der Waals surface area contributed by atoms with Crippen molar-refractivity contribution in [1.29, 1.82) is 0 Å². The van der Waals surface area contributed by atoms with E-state index in [4.69, 9.17) is 10.2 Å². The van der Waals surface area contributed by atoms with E-state index in [2.05, 4.69) is 5.32 Å². The number of nitrogens with one attached hydrogen (secondary N) is 1. The van der Waals surface area contributed by atoms with Crippen molar-refractivity contribution in [2.24, 2.45) is 0 Å². The van der Waals surface area contributed by atoms with Gasteiger partial charge in [0.1, 0.15) is 0 Å². The van der Waals surface area contributed by atoms with Crippen LogP contribution in [0.5, 0.6) is 0 Å². The molecule has 13 heavy (non-hydrogen) atoms. The number of rotatable bonds is 8. The molecule has 0 aliphatic heterocycles. The van der Waals surface area contributed by atoms with E-state index in [1.54, 1.807) is 0 Å². The molecule has 0 aromatic carbocycles. The van der Waals surface area contributed by atoms with Gasteiger partial charge in [-0.15, -0.1) is 0 Å². The van der Waals surface area contributed by atoms with Crippen LogP contribution in [0, 0.1) is 0 Å². The molecule has 0 saturated carbocycles. The second kappa shape index (κ2) is 7.30. The third-order valence-corrected chi connectivity index (χ3v) is 2.08. The van der Waals surface area contributed by atoms with Crippen LogP contribution < -0.4 is 5.32 Å². The van der Waals surface area contributed by atoms with E-state index < -0.39 is 0 Å². The summed E-state index contributed by atoms with van der Waals surface area (Å²) in [6.45, 7) is 5.39. The van der Waals surface area contributed by atoms with Crippen molar-refractivity contribution in [3.05, 3.63) is 0 Å². The molecule has 0 aliphatic rings. The molecule has 0 bridgehead atoms. The largest absolute Gasteiger partial charge is 0.396 e. The van der Waals surface area contributed by atoms with Crippen molar-refractivity contribution in [3.63, 3.8) is 0 Å². The lowest BCUT2D eigenvalue weighted by Gasteiger charge is -2.23. The zero-order valence-corrected chi connectivity index (χ0v) is 8.84. The molecule has 0 unspecified atom stereocenters. The molecule has 0 aromatic heterocycles. The molecular weight excluding hydrogens is 166 g/mol. The van der Waals surface area contributed by atoms with Crippen LogP contribution in [0.15, 0.2) is 0 Å². The first-order valence-electron chi connectivity index (χ1n) is 5.09. The lowest BCUT2D eigenvalue weighted by Crippen LogP contribution is -2.43. The van der Waals surface area contributed by atoms with Crippen molar-refractivity contribution in [1.82, 2.24) is 5.32 Å². The summed E-state index contributed by atoms with van der Waals surface area (Å²) in [4.78, 5) is 0. The smallest absolute Gasteiger partial charge is 0.0607 e. The Morgan fingerprint density at radius 3 is 2.15 bits per heavy atom. The summed E-state index contributed by atoms with van der Waals surface area (Å²) in [5.74, 6) is 0. The highest BCUT2D eigenvalue weighted by Crippen LogP contribution is 2.02. The van der Waals surface area contributed by atoms with Gasteiger partial charge in [-0.1, -0.05) is 12.8 Å². The van der Waals surface area contributed by atoms with Crippen LogP contribution in [-0.2, 0) is 0 Å². The minimum atomic E-state index is -0.156. The molecule has 0 saturated heterocycles. The van der Waals surface area contributed by atoms with Crippen LogP contribution >= 0.6 is 0 Å². The van der Waals surface area contributed by atoms with Crippen LogP contribution in [0.25, 0.3) is 0 Å². The molecule has 3 nitrogen and oxygen atoms in total. The zero-order valence-electron chi connectivity index (χ0n) is 8.84. The second-order valence-electron chi connectivity index (χ2n) is 4.11. The number of hydrogen-bond acceptors (Lipinski definition) is 3. The summed E-state index contributed by atoms with van der Waals surface area (Å²) >= 11 is 0. The molecule has 0 fully saturated rings. The van der Waals surface area contributed by atoms with Gasteiger partial charge in [-0.25, -0.2) is 0 Å². The molecule has 0 amide bonds. The van der Waals surface area contributed by atoms with Gasteiger partial charge in [-0.2, -0.15) is 0 Å². The SMILES string of the molecule is CC(C)(CO)NCCCCCCO. The van der Waals surface area contributed by atoms with Crippen LogP contribution in [0.2, 0.25) is 0 Å². The Bertz CT molecular complexity index is 115. The minimum absolute atomic E-state index is 0.156. The Balaban J connectivity index is 3.16. The summed E-state index contributed by atoms with van der Waals surface area (Å²) in [5, 5.41) is 20.8. The Hall–Kier alpha value is -0.120. The van der Waals surface area contributed by atoms with Gasteiger partial charge in [0, 0.05) is 12.1 Å². The van der Waals surface area contributed by atoms with Gasteiger partial charge in [-0.3, -0.25) is 0 Å². The summed E-state index contributed by atoms with van der Waals surface area (Å²) in [6, 6.07) is 0. The van der Waals surface area contributed by atoms with E-state index in [0.29, 0.717) is 6.61 Å². The quantitative estimate of drug-likeness (QED) is 0.497. The lowest BCUT2D eigenvalue weighted by atomic mass is 10.1. The first-order valence-corrected chi connectivity index (χ1v) is 5.09. The van der Waals surface area contributed by atoms with Gasteiger partial charge in [0.15, 0.2) is 0 Å². The summed E-state index contributed by atoms with van der Waals surface area (Å²) < 4.78 is 0. The third kappa shape index (κ3) is 8.22. The average molecular weight is 189 g/mol. The number of hydrogen-bond donors (Lipinski definition) is 3. The van der Waals surface area contributed by atoms with Crippen molar-refractivity contribution in [2.75, 3.05) is 19.8 Å². The molecule has 3 N–H and O–H groups in total. The molecule has 0 atom stereocenters. The zero-order chi connectivity index (χ0) is 10.2. The molecule has 0 radical (unpaired) electrons. The second-order valence-corrected chi connectivity index (χ2v) is 4.11. The Kier molecular flexibility index (Phi) is 7.23. The van der Waals surface area contributed by atoms with Crippen molar-refractivity contribution in [3.8, 4) is 0 Å². The maximum atomic E-state index is 8.94.